The molecule has 0 rings (SSSR count). The van der Waals surface area contributed by atoms with E-state index in [9.17, 15) is 0 Å². The first-order valence-corrected chi connectivity index (χ1v) is 2.45. The quantitative estimate of drug-likeness (QED) is 0.371. The maximum Gasteiger partial charge on any atom is 3.00 e. The number of hydrogen-bond acceptors (Lipinski definition) is 4. The average Bonchev–Trinajstić information content (AvgIpc) is 0.722. The number of hydrogen-bond donors (Lipinski definition) is 0. The maximum atomic E-state index is 8.58. The van der Waals surface area contributed by atoms with Crippen molar-refractivity contribution in [2.45, 2.75) is 0 Å². The van der Waals surface area contributed by atoms with Crippen LogP contribution in [0.2, 0.25) is 0 Å². The van der Waals surface area contributed by atoms with Crippen LogP contribution in [0.3, 0.4) is 0 Å². The zero-order valence-electron chi connectivity index (χ0n) is 3.44. The third-order valence-corrected chi connectivity index (χ3v) is 0. The van der Waals surface area contributed by atoms with Crippen LogP contribution in [0.4, 0.5) is 0 Å². The summed E-state index contributed by atoms with van der Waals surface area (Å²) in [4.78, 5) is 34.3. The summed E-state index contributed by atoms with van der Waals surface area (Å²) in [7, 11) is -5.61. The third kappa shape index (κ3) is 155. The van der Waals surface area contributed by atoms with Crippen molar-refractivity contribution in [2.75, 3.05) is 0 Å². The fourth-order valence-corrected chi connectivity index (χ4v) is 0. The van der Waals surface area contributed by atoms with Crippen molar-refractivity contribution in [3.63, 3.8) is 0 Å². The Morgan fingerprint density at radius 1 is 0.875 bits per heavy atom. The van der Waals surface area contributed by atoms with E-state index in [0.717, 1.165) is 0 Å². The van der Waals surface area contributed by atoms with E-state index in [-0.39, 0.29) is 46.8 Å². The van der Waals surface area contributed by atoms with Gasteiger partial charge in [-0.2, -0.15) is 0 Å². The van der Waals surface area contributed by atoms with Gasteiger partial charge in [0.25, 0.3) is 0 Å². The number of halogens is 1. The largest absolute Gasteiger partial charge is 3.00 e. The molecule has 0 amide bonds. The van der Waals surface area contributed by atoms with Crippen LogP contribution >= 0.6 is 0 Å². The van der Waals surface area contributed by atoms with Gasteiger partial charge >= 0.3 is 34.4 Å². The van der Waals surface area contributed by atoms with E-state index in [1.54, 1.807) is 0 Å². The minimum absolute atomic E-state index is 0. The smallest absolute Gasteiger partial charge is 1.00 e. The van der Waals surface area contributed by atoms with E-state index < -0.39 is 9.05 Å². The molecule has 0 N–H and O–H groups in total. The van der Waals surface area contributed by atoms with Crippen molar-refractivity contribution in [1.82, 2.24) is 0 Å². The molecule has 0 saturated carbocycles. The summed E-state index contributed by atoms with van der Waals surface area (Å²) in [5, 5.41) is 0. The summed E-state index contributed by atoms with van der Waals surface area (Å²) in [5.74, 6) is 0. The normalized spacial score (nSPS) is 7.50. The van der Waals surface area contributed by atoms with Crippen LogP contribution in [0.15, 0.2) is 0 Å². The first-order chi connectivity index (χ1) is 2.00. The van der Waals surface area contributed by atoms with Gasteiger partial charge in [-0.05, 0) is 0 Å². The van der Waals surface area contributed by atoms with Gasteiger partial charge in [0.05, 0.1) is 0 Å². The van der Waals surface area contributed by atoms with Crippen LogP contribution in [0.1, 0.15) is 0 Å². The molecule has 0 fully saturated rings. The van der Waals surface area contributed by atoms with Crippen LogP contribution in [0.25, 0.3) is 0 Å². The van der Waals surface area contributed by atoms with Crippen molar-refractivity contribution < 1.29 is 48.7 Å². The van der Waals surface area contributed by atoms with Crippen molar-refractivity contribution >= 4 is 26.4 Å². The first kappa shape index (κ1) is 22.7. The van der Waals surface area contributed by atoms with Crippen LogP contribution in [0, 0.1) is 0 Å². The predicted octanol–water partition coefficient (Wildman–Crippen LogP) is -8.52. The summed E-state index contributed by atoms with van der Waals surface area (Å²) >= 11 is 0. The van der Waals surface area contributed by atoms with Gasteiger partial charge in [0, 0.05) is 0 Å². The zero-order valence-corrected chi connectivity index (χ0v) is 7.46. The fourth-order valence-electron chi connectivity index (χ4n) is 0. The molecular weight excluding hydrogens is 210 g/mol. The fraction of sp³-hybridized carbons (Fsp3) is 0. The summed E-state index contributed by atoms with van der Waals surface area (Å²) < 4.78 is 0. The van der Waals surface area contributed by atoms with Gasteiger partial charge in [0.1, 0.15) is 0 Å². The van der Waals surface area contributed by atoms with E-state index in [2.05, 4.69) is 0 Å². The SMILES string of the molecule is [Al+3].[Cl-].[Fe+2].[O-][Si]([O-])([O-])[O-]. The van der Waals surface area contributed by atoms with Gasteiger partial charge < -0.3 is 40.6 Å². The van der Waals surface area contributed by atoms with Crippen molar-refractivity contribution in [3.05, 3.63) is 0 Å². The summed E-state index contributed by atoms with van der Waals surface area (Å²) in [5.41, 5.74) is 0. The van der Waals surface area contributed by atoms with E-state index in [1.807, 2.05) is 0 Å². The summed E-state index contributed by atoms with van der Waals surface area (Å²) in [6.45, 7) is 0. The Morgan fingerprint density at radius 3 is 0.875 bits per heavy atom. The van der Waals surface area contributed by atoms with Gasteiger partial charge in [-0.15, -0.1) is 0 Å². The Morgan fingerprint density at radius 2 is 0.875 bits per heavy atom. The van der Waals surface area contributed by atoms with Gasteiger partial charge in [0.15, 0.2) is 0 Å². The molecular formula is AlClFeO4Si. The van der Waals surface area contributed by atoms with Crippen molar-refractivity contribution in [3.8, 4) is 0 Å². The van der Waals surface area contributed by atoms with Crippen LogP contribution in [-0.2, 0) is 17.1 Å². The van der Waals surface area contributed by atoms with Crippen LogP contribution in [-0.4, -0.2) is 26.4 Å². The van der Waals surface area contributed by atoms with E-state index >= 15 is 0 Å². The van der Waals surface area contributed by atoms with Crippen LogP contribution < -0.4 is 31.6 Å². The van der Waals surface area contributed by atoms with Gasteiger partial charge in [-0.1, -0.05) is 0 Å². The molecule has 0 saturated heterocycles. The second-order valence-corrected chi connectivity index (χ2v) is 1.50. The molecule has 0 bridgehead atoms. The molecule has 0 aromatic heterocycles. The van der Waals surface area contributed by atoms with E-state index in [0.29, 0.717) is 0 Å². The molecule has 8 heteroatoms. The minimum Gasteiger partial charge on any atom is -1.00 e. The Hall–Kier alpha value is 1.40. The molecule has 0 aromatic carbocycles. The Labute approximate surface area is 75.0 Å². The minimum atomic E-state index is -5.61. The van der Waals surface area contributed by atoms with Crippen LogP contribution in [0.5, 0.6) is 0 Å². The summed E-state index contributed by atoms with van der Waals surface area (Å²) in [6, 6.07) is 0. The Balaban J connectivity index is -0.0000000267. The molecule has 0 radical (unpaired) electrons. The molecule has 0 aliphatic rings. The third-order valence-electron chi connectivity index (χ3n) is 0. The van der Waals surface area contributed by atoms with Gasteiger partial charge in [-0.3, -0.25) is 0 Å². The average molecular weight is 210 g/mol. The molecule has 0 spiro atoms. The maximum absolute atomic E-state index is 8.58. The molecule has 0 atom stereocenters. The Kier molecular flexibility index (Phi) is 23.9. The van der Waals surface area contributed by atoms with E-state index in [4.69, 9.17) is 19.2 Å². The molecule has 0 aromatic rings. The van der Waals surface area contributed by atoms with Crippen molar-refractivity contribution in [1.29, 1.82) is 0 Å². The molecule has 0 aliphatic heterocycles. The molecule has 0 aliphatic carbocycles. The first-order valence-electron chi connectivity index (χ1n) is 0.816. The Bertz CT molecular complexity index is 31.5. The summed E-state index contributed by atoms with van der Waals surface area (Å²) in [6.07, 6.45) is 0. The molecule has 8 heavy (non-hydrogen) atoms. The van der Waals surface area contributed by atoms with Gasteiger partial charge in [0.2, 0.25) is 0 Å². The second-order valence-electron chi connectivity index (χ2n) is 0.500. The molecule has 0 unspecified atom stereocenters. The zero-order chi connectivity index (χ0) is 4.50. The van der Waals surface area contributed by atoms with E-state index in [1.165, 1.54) is 0 Å². The predicted molar refractivity (Wildman–Crippen MR) is 11.5 cm³/mol. The molecule has 4 nitrogen and oxygen atoms in total. The topological polar surface area (TPSA) is 92.2 Å². The second kappa shape index (κ2) is 8.40. The molecule has 46 valence electrons. The standard InChI is InChI=1S/Al.ClH.Fe.O4Si/c;;;1-5(2,3)4/h;1H;;/q+3;;+2;-4/p-1. The molecule has 0 heterocycles. The monoisotopic (exact) mass is 210 g/mol. The van der Waals surface area contributed by atoms with Gasteiger partial charge in [-0.25, -0.2) is 0 Å². The van der Waals surface area contributed by atoms with Crippen molar-refractivity contribution in [2.24, 2.45) is 0 Å². The number of rotatable bonds is 0.